The highest BCUT2D eigenvalue weighted by molar-refractivity contribution is 5.68. The van der Waals surface area contributed by atoms with Crippen molar-refractivity contribution in [3.05, 3.63) is 35.9 Å². The monoisotopic (exact) mass is 148 g/mol. The van der Waals surface area contributed by atoms with Crippen LogP contribution >= 0.6 is 0 Å². The van der Waals surface area contributed by atoms with E-state index in [1.54, 1.807) is 6.07 Å². The van der Waals surface area contributed by atoms with Crippen molar-refractivity contribution in [3.63, 3.8) is 0 Å². The van der Waals surface area contributed by atoms with Crippen LogP contribution in [0.2, 0.25) is 0 Å². The van der Waals surface area contributed by atoms with Crippen molar-refractivity contribution in [2.24, 2.45) is 0 Å². The lowest BCUT2D eigenvalue weighted by Gasteiger charge is -2.02. The number of phenolic OH excluding ortho intramolecular Hbond substituents is 1. The summed E-state index contributed by atoms with van der Waals surface area (Å²) in [7, 11) is 0. The van der Waals surface area contributed by atoms with Gasteiger partial charge in [-0.25, -0.2) is 0 Å². The maximum Gasteiger partial charge on any atom is 0.123 e. The molecule has 0 bridgehead atoms. The summed E-state index contributed by atoms with van der Waals surface area (Å²) >= 11 is 0. The normalized spacial score (nSPS) is 11.6. The molecule has 1 N–H and O–H groups in total. The molecule has 0 fully saturated rings. The van der Waals surface area contributed by atoms with E-state index in [2.05, 4.69) is 0 Å². The molecule has 0 aromatic heterocycles. The van der Waals surface area contributed by atoms with E-state index in [1.807, 2.05) is 38.1 Å². The summed E-state index contributed by atoms with van der Waals surface area (Å²) in [5, 5.41) is 9.37. The fraction of sp³-hybridized carbons (Fsp3) is 0.200. The number of hydrogen-bond acceptors (Lipinski definition) is 1. The molecule has 0 atom stereocenters. The van der Waals surface area contributed by atoms with Crippen LogP contribution in [0.15, 0.2) is 30.3 Å². The van der Waals surface area contributed by atoms with E-state index >= 15 is 0 Å². The summed E-state index contributed by atoms with van der Waals surface area (Å²) in [6, 6.07) is 7.34. The summed E-state index contributed by atoms with van der Waals surface area (Å²) in [5.41, 5.74) is 2.01. The third-order valence-electron chi connectivity index (χ3n) is 1.76. The highest BCUT2D eigenvalue weighted by Gasteiger charge is 1.98. The number of benzene rings is 1. The Balaban J connectivity index is 3.14. The lowest BCUT2D eigenvalue weighted by molar-refractivity contribution is 0.473. The van der Waals surface area contributed by atoms with Gasteiger partial charge in [0.1, 0.15) is 5.75 Å². The summed E-state index contributed by atoms with van der Waals surface area (Å²) < 4.78 is 0. The minimum absolute atomic E-state index is 0.350. The van der Waals surface area contributed by atoms with E-state index in [-0.39, 0.29) is 0 Å². The number of allylic oxidation sites excluding steroid dienone is 2. The van der Waals surface area contributed by atoms with Gasteiger partial charge in [0.2, 0.25) is 0 Å². The first-order valence-corrected chi connectivity index (χ1v) is 3.67. The van der Waals surface area contributed by atoms with Crippen molar-refractivity contribution in [1.29, 1.82) is 0 Å². The molecule has 0 amide bonds. The molecule has 0 aliphatic carbocycles. The average molecular weight is 148 g/mol. The van der Waals surface area contributed by atoms with Crippen LogP contribution in [0, 0.1) is 0 Å². The molecule has 0 aliphatic heterocycles. The summed E-state index contributed by atoms with van der Waals surface area (Å²) in [6.45, 7) is 3.94. The van der Waals surface area contributed by atoms with Gasteiger partial charge in [0.05, 0.1) is 0 Å². The Morgan fingerprint density at radius 1 is 1.36 bits per heavy atom. The maximum absolute atomic E-state index is 9.37. The SMILES string of the molecule is CC=C(C)c1ccccc1O. The second kappa shape index (κ2) is 3.24. The van der Waals surface area contributed by atoms with Gasteiger partial charge in [0.25, 0.3) is 0 Å². The Morgan fingerprint density at radius 3 is 2.55 bits per heavy atom. The second-order valence-corrected chi connectivity index (χ2v) is 2.49. The molecule has 0 saturated heterocycles. The van der Waals surface area contributed by atoms with E-state index in [1.165, 1.54) is 0 Å². The fourth-order valence-corrected chi connectivity index (χ4v) is 0.963. The molecule has 0 spiro atoms. The minimum atomic E-state index is 0.350. The van der Waals surface area contributed by atoms with Crippen molar-refractivity contribution in [2.75, 3.05) is 0 Å². The fourth-order valence-electron chi connectivity index (χ4n) is 0.963. The van der Waals surface area contributed by atoms with E-state index < -0.39 is 0 Å². The molecule has 0 aliphatic rings. The van der Waals surface area contributed by atoms with E-state index in [9.17, 15) is 5.11 Å². The standard InChI is InChI=1S/C10H12O/c1-3-8(2)9-6-4-5-7-10(9)11/h3-7,11H,1-2H3. The van der Waals surface area contributed by atoms with Crippen molar-refractivity contribution in [2.45, 2.75) is 13.8 Å². The zero-order valence-corrected chi connectivity index (χ0v) is 6.83. The van der Waals surface area contributed by atoms with Crippen molar-refractivity contribution in [1.82, 2.24) is 0 Å². The lowest BCUT2D eigenvalue weighted by Crippen LogP contribution is -1.78. The summed E-state index contributed by atoms with van der Waals surface area (Å²) in [4.78, 5) is 0. The molecule has 1 rings (SSSR count). The summed E-state index contributed by atoms with van der Waals surface area (Å²) in [5.74, 6) is 0.350. The third-order valence-corrected chi connectivity index (χ3v) is 1.76. The van der Waals surface area contributed by atoms with Gasteiger partial charge in [-0.2, -0.15) is 0 Å². The number of para-hydroxylation sites is 1. The van der Waals surface area contributed by atoms with Crippen LogP contribution < -0.4 is 0 Å². The van der Waals surface area contributed by atoms with Crippen molar-refractivity contribution in [3.8, 4) is 5.75 Å². The molecule has 1 aromatic rings. The molecule has 0 heterocycles. The molecule has 1 heteroatoms. The van der Waals surface area contributed by atoms with E-state index in [0.717, 1.165) is 11.1 Å². The van der Waals surface area contributed by atoms with Crippen LogP contribution in [-0.2, 0) is 0 Å². The topological polar surface area (TPSA) is 20.2 Å². The van der Waals surface area contributed by atoms with Crippen LogP contribution in [0.3, 0.4) is 0 Å². The molecular weight excluding hydrogens is 136 g/mol. The molecular formula is C10H12O. The predicted octanol–water partition coefficient (Wildman–Crippen LogP) is 2.82. The smallest absolute Gasteiger partial charge is 0.123 e. The quantitative estimate of drug-likeness (QED) is 0.649. The maximum atomic E-state index is 9.37. The van der Waals surface area contributed by atoms with Gasteiger partial charge in [-0.3, -0.25) is 0 Å². The van der Waals surface area contributed by atoms with Crippen LogP contribution in [-0.4, -0.2) is 5.11 Å². The Kier molecular flexibility index (Phi) is 2.32. The lowest BCUT2D eigenvalue weighted by atomic mass is 10.1. The van der Waals surface area contributed by atoms with Gasteiger partial charge in [-0.15, -0.1) is 0 Å². The van der Waals surface area contributed by atoms with Crippen LogP contribution in [0.25, 0.3) is 5.57 Å². The first-order valence-electron chi connectivity index (χ1n) is 3.67. The molecule has 0 unspecified atom stereocenters. The Bertz CT molecular complexity index is 274. The second-order valence-electron chi connectivity index (χ2n) is 2.49. The molecule has 11 heavy (non-hydrogen) atoms. The van der Waals surface area contributed by atoms with Crippen molar-refractivity contribution >= 4 is 5.57 Å². The number of aromatic hydroxyl groups is 1. The molecule has 0 saturated carbocycles. The first kappa shape index (κ1) is 7.86. The van der Waals surface area contributed by atoms with Gasteiger partial charge in [0, 0.05) is 5.56 Å². The highest BCUT2D eigenvalue weighted by Crippen LogP contribution is 2.23. The zero-order valence-electron chi connectivity index (χ0n) is 6.83. The van der Waals surface area contributed by atoms with Gasteiger partial charge >= 0.3 is 0 Å². The number of phenols is 1. The molecule has 1 aromatic carbocycles. The van der Waals surface area contributed by atoms with Gasteiger partial charge in [-0.1, -0.05) is 24.3 Å². The van der Waals surface area contributed by atoms with Gasteiger partial charge < -0.3 is 5.11 Å². The van der Waals surface area contributed by atoms with E-state index in [4.69, 9.17) is 0 Å². The summed E-state index contributed by atoms with van der Waals surface area (Å²) in [6.07, 6.45) is 1.98. The average Bonchev–Trinajstić information content (AvgIpc) is 2.04. The Morgan fingerprint density at radius 2 is 2.00 bits per heavy atom. The Hall–Kier alpha value is -1.24. The largest absolute Gasteiger partial charge is 0.507 e. The van der Waals surface area contributed by atoms with Crippen molar-refractivity contribution < 1.29 is 5.11 Å². The molecule has 1 nitrogen and oxygen atoms in total. The molecule has 0 radical (unpaired) electrons. The Labute approximate surface area is 67.0 Å². The molecule has 58 valence electrons. The zero-order chi connectivity index (χ0) is 8.27. The first-order chi connectivity index (χ1) is 5.25. The highest BCUT2D eigenvalue weighted by atomic mass is 16.3. The van der Waals surface area contributed by atoms with Crippen LogP contribution in [0.4, 0.5) is 0 Å². The van der Waals surface area contributed by atoms with Crippen LogP contribution in [0.5, 0.6) is 5.75 Å². The number of rotatable bonds is 1. The van der Waals surface area contributed by atoms with Crippen LogP contribution in [0.1, 0.15) is 19.4 Å². The number of hydrogen-bond donors (Lipinski definition) is 1. The predicted molar refractivity (Wildman–Crippen MR) is 47.4 cm³/mol. The van der Waals surface area contributed by atoms with Gasteiger partial charge in [0.15, 0.2) is 0 Å². The van der Waals surface area contributed by atoms with Gasteiger partial charge in [-0.05, 0) is 25.5 Å². The van der Waals surface area contributed by atoms with E-state index in [0.29, 0.717) is 5.75 Å². The minimum Gasteiger partial charge on any atom is -0.507 e. The third kappa shape index (κ3) is 1.61.